The number of nitrogens with zero attached hydrogens (tertiary/aromatic N) is 3. The summed E-state index contributed by atoms with van der Waals surface area (Å²) in [5.41, 5.74) is 2.30. The Labute approximate surface area is 196 Å². The monoisotopic (exact) mass is 512 g/mol. The van der Waals surface area contributed by atoms with E-state index in [1.54, 1.807) is 0 Å². The number of piperazine rings is 1. The number of hydrogen-bond acceptors (Lipinski definition) is 5. The van der Waals surface area contributed by atoms with Crippen molar-refractivity contribution in [2.24, 2.45) is 0 Å². The third-order valence-electron chi connectivity index (χ3n) is 5.69. The van der Waals surface area contributed by atoms with Crippen LogP contribution in [0.3, 0.4) is 0 Å². The number of fused-ring (bicyclic) bond motifs is 1. The second-order valence-electron chi connectivity index (χ2n) is 7.77. The minimum atomic E-state index is 0.618. The number of aromatic nitrogens is 1. The molecule has 8 heteroatoms. The quantitative estimate of drug-likeness (QED) is 0.495. The van der Waals surface area contributed by atoms with Crippen LogP contribution < -0.4 is 15.0 Å². The van der Waals surface area contributed by atoms with Gasteiger partial charge in [0.05, 0.1) is 26.8 Å². The number of rotatable bonds is 7. The second kappa shape index (κ2) is 10.4. The maximum absolute atomic E-state index is 6.37. The van der Waals surface area contributed by atoms with Crippen LogP contribution in [0.4, 0.5) is 11.5 Å². The van der Waals surface area contributed by atoms with Crippen LogP contribution in [0.2, 0.25) is 10.0 Å². The third kappa shape index (κ3) is 5.34. The van der Waals surface area contributed by atoms with Crippen molar-refractivity contribution in [1.82, 2.24) is 9.88 Å². The van der Waals surface area contributed by atoms with Crippen molar-refractivity contribution in [3.05, 3.63) is 44.3 Å². The Hall–Kier alpha value is -1.21. The van der Waals surface area contributed by atoms with Gasteiger partial charge in [-0.05, 0) is 71.9 Å². The molecular formula is C22H27BrCl2N4O. The lowest BCUT2D eigenvalue weighted by molar-refractivity contribution is 0.236. The van der Waals surface area contributed by atoms with Crippen LogP contribution in [0.15, 0.2) is 28.7 Å². The summed E-state index contributed by atoms with van der Waals surface area (Å²) in [7, 11) is 0. The number of pyridine rings is 1. The summed E-state index contributed by atoms with van der Waals surface area (Å²) >= 11 is 16.1. The van der Waals surface area contributed by atoms with Crippen molar-refractivity contribution < 1.29 is 4.74 Å². The molecule has 30 heavy (non-hydrogen) atoms. The lowest BCUT2D eigenvalue weighted by Gasteiger charge is -2.36. The molecule has 3 heterocycles. The Kier molecular flexibility index (Phi) is 7.63. The fourth-order valence-corrected chi connectivity index (χ4v) is 4.89. The molecule has 0 spiro atoms. The number of aryl methyl sites for hydroxylation is 1. The number of ether oxygens (including phenoxy) is 1. The van der Waals surface area contributed by atoms with E-state index in [0.717, 1.165) is 80.9 Å². The molecule has 2 aromatic rings. The molecule has 0 atom stereocenters. The van der Waals surface area contributed by atoms with Gasteiger partial charge in [0.1, 0.15) is 5.82 Å². The van der Waals surface area contributed by atoms with E-state index in [4.69, 9.17) is 27.9 Å². The van der Waals surface area contributed by atoms with E-state index in [1.165, 1.54) is 5.56 Å². The molecule has 2 aliphatic heterocycles. The fraction of sp³-hybridized carbons (Fsp3) is 0.500. The highest BCUT2D eigenvalue weighted by Crippen LogP contribution is 2.33. The summed E-state index contributed by atoms with van der Waals surface area (Å²) in [6.07, 6.45) is 4.35. The maximum atomic E-state index is 6.37. The van der Waals surface area contributed by atoms with Crippen LogP contribution in [0, 0.1) is 0 Å². The molecule has 5 nitrogen and oxygen atoms in total. The largest absolute Gasteiger partial charge is 0.477 e. The van der Waals surface area contributed by atoms with Crippen LogP contribution >= 0.6 is 39.1 Å². The molecular weight excluding hydrogens is 487 g/mol. The van der Waals surface area contributed by atoms with Crippen LogP contribution in [-0.4, -0.2) is 55.8 Å². The van der Waals surface area contributed by atoms with E-state index in [9.17, 15) is 0 Å². The Morgan fingerprint density at radius 3 is 2.80 bits per heavy atom. The number of unbranched alkanes of at least 4 members (excludes halogenated alkanes) is 1. The zero-order valence-corrected chi connectivity index (χ0v) is 20.1. The van der Waals surface area contributed by atoms with Gasteiger partial charge in [0, 0.05) is 32.7 Å². The number of benzene rings is 1. The smallest absolute Gasteiger partial charge is 0.229 e. The first kappa shape index (κ1) is 22.0. The summed E-state index contributed by atoms with van der Waals surface area (Å²) in [6, 6.07) is 7.97. The maximum Gasteiger partial charge on any atom is 0.229 e. The summed E-state index contributed by atoms with van der Waals surface area (Å²) < 4.78 is 6.88. The summed E-state index contributed by atoms with van der Waals surface area (Å²) in [5.74, 6) is 1.66. The third-order valence-corrected chi connectivity index (χ3v) is 7.07. The highest BCUT2D eigenvalue weighted by Gasteiger charge is 2.19. The van der Waals surface area contributed by atoms with Gasteiger partial charge in [-0.2, -0.15) is 4.98 Å². The van der Waals surface area contributed by atoms with Gasteiger partial charge in [0.25, 0.3) is 0 Å². The van der Waals surface area contributed by atoms with Crippen LogP contribution in [0.5, 0.6) is 5.88 Å². The van der Waals surface area contributed by atoms with E-state index in [1.807, 2.05) is 18.2 Å². The molecule has 4 rings (SSSR count). The van der Waals surface area contributed by atoms with E-state index in [-0.39, 0.29) is 0 Å². The molecule has 162 valence electrons. The molecule has 1 N–H and O–H groups in total. The van der Waals surface area contributed by atoms with Crippen molar-refractivity contribution in [3.8, 4) is 5.88 Å². The van der Waals surface area contributed by atoms with E-state index < -0.39 is 0 Å². The zero-order chi connectivity index (χ0) is 20.9. The summed E-state index contributed by atoms with van der Waals surface area (Å²) in [5, 5.41) is 4.63. The summed E-state index contributed by atoms with van der Waals surface area (Å²) in [4.78, 5) is 9.46. The molecule has 0 radical (unpaired) electrons. The van der Waals surface area contributed by atoms with E-state index in [0.29, 0.717) is 22.5 Å². The number of anilines is 2. The normalized spacial score (nSPS) is 16.8. The average Bonchev–Trinajstić information content (AvgIpc) is 2.76. The SMILES string of the molecule is Clc1cccc(N2CCN(CCCCOc3nc4c(cc3Br)CCCN4)CC2)c1Cl. The van der Waals surface area contributed by atoms with Gasteiger partial charge < -0.3 is 15.0 Å². The van der Waals surface area contributed by atoms with Crippen molar-refractivity contribution >= 4 is 50.6 Å². The fourth-order valence-electron chi connectivity index (χ4n) is 4.00. The Morgan fingerprint density at radius 1 is 1.13 bits per heavy atom. The lowest BCUT2D eigenvalue weighted by atomic mass is 10.1. The van der Waals surface area contributed by atoms with Crippen molar-refractivity contribution in [3.63, 3.8) is 0 Å². The number of hydrogen-bond donors (Lipinski definition) is 1. The van der Waals surface area contributed by atoms with Gasteiger partial charge in [0.2, 0.25) is 5.88 Å². The number of halogens is 3. The Morgan fingerprint density at radius 2 is 1.97 bits per heavy atom. The molecule has 0 saturated carbocycles. The van der Waals surface area contributed by atoms with Crippen molar-refractivity contribution in [1.29, 1.82) is 0 Å². The van der Waals surface area contributed by atoms with Gasteiger partial charge in [-0.15, -0.1) is 0 Å². The molecule has 1 aromatic carbocycles. The van der Waals surface area contributed by atoms with E-state index in [2.05, 4.69) is 42.1 Å². The zero-order valence-electron chi connectivity index (χ0n) is 17.0. The molecule has 1 saturated heterocycles. The van der Waals surface area contributed by atoms with Gasteiger partial charge in [0.15, 0.2) is 0 Å². The average molecular weight is 514 g/mol. The topological polar surface area (TPSA) is 40.6 Å². The highest BCUT2D eigenvalue weighted by molar-refractivity contribution is 9.10. The standard InChI is InChI=1S/C22H27BrCl2N4O/c23-17-15-16-5-4-8-26-21(16)27-22(17)30-14-2-1-9-28-10-12-29(13-11-28)19-7-3-6-18(24)20(19)25/h3,6-7,15H,1-2,4-5,8-14H2,(H,26,27). The van der Waals surface area contributed by atoms with Gasteiger partial charge in [-0.25, -0.2) is 0 Å². The van der Waals surface area contributed by atoms with Gasteiger partial charge in [-0.3, -0.25) is 4.90 Å². The van der Waals surface area contributed by atoms with Crippen LogP contribution in [-0.2, 0) is 6.42 Å². The minimum Gasteiger partial charge on any atom is -0.477 e. The van der Waals surface area contributed by atoms with Crippen molar-refractivity contribution in [2.45, 2.75) is 25.7 Å². The minimum absolute atomic E-state index is 0.618. The summed E-state index contributed by atoms with van der Waals surface area (Å²) in [6.45, 7) is 6.76. The van der Waals surface area contributed by atoms with Gasteiger partial charge >= 0.3 is 0 Å². The molecule has 1 aromatic heterocycles. The predicted molar refractivity (Wildman–Crippen MR) is 129 cm³/mol. The van der Waals surface area contributed by atoms with Crippen molar-refractivity contribution in [2.75, 3.05) is 56.1 Å². The molecule has 0 bridgehead atoms. The second-order valence-corrected chi connectivity index (χ2v) is 9.41. The van der Waals surface area contributed by atoms with Crippen LogP contribution in [0.25, 0.3) is 0 Å². The Bertz CT molecular complexity index is 874. The first-order valence-electron chi connectivity index (χ1n) is 10.6. The first-order valence-corrected chi connectivity index (χ1v) is 12.1. The number of nitrogens with one attached hydrogen (secondary N) is 1. The lowest BCUT2D eigenvalue weighted by Crippen LogP contribution is -2.46. The first-order chi connectivity index (χ1) is 14.6. The molecule has 2 aliphatic rings. The highest BCUT2D eigenvalue weighted by atomic mass is 79.9. The molecule has 0 aliphatic carbocycles. The van der Waals surface area contributed by atoms with E-state index >= 15 is 0 Å². The van der Waals surface area contributed by atoms with Crippen LogP contribution in [0.1, 0.15) is 24.8 Å². The molecule has 0 unspecified atom stereocenters. The Balaban J connectivity index is 1.17. The molecule has 1 fully saturated rings. The molecule has 0 amide bonds. The van der Waals surface area contributed by atoms with Gasteiger partial charge in [-0.1, -0.05) is 29.3 Å². The predicted octanol–water partition coefficient (Wildman–Crippen LogP) is 5.49.